The van der Waals surface area contributed by atoms with Gasteiger partial charge in [0.1, 0.15) is 0 Å². The van der Waals surface area contributed by atoms with Crippen molar-refractivity contribution in [3.63, 3.8) is 0 Å². The van der Waals surface area contributed by atoms with Crippen molar-refractivity contribution in [2.75, 3.05) is 0 Å². The van der Waals surface area contributed by atoms with Crippen molar-refractivity contribution in [3.05, 3.63) is 154 Å². The molecule has 0 saturated carbocycles. The molecule has 0 saturated heterocycles. The molecule has 7 rings (SSSR count). The maximum atomic E-state index is 9.96. The Morgan fingerprint density at radius 2 is 0.875 bits per heavy atom. The molecule has 0 spiro atoms. The topological polar surface area (TPSA) is 47.6 Å². The molecule has 0 aliphatic heterocycles. The Morgan fingerprint density at radius 3 is 1.30 bits per heavy atom. The van der Waals surface area contributed by atoms with Crippen molar-refractivity contribution in [2.24, 2.45) is 0 Å². The summed E-state index contributed by atoms with van der Waals surface area (Å²) in [5, 5.41) is 19.9. The van der Waals surface area contributed by atoms with Crippen LogP contribution in [0.15, 0.2) is 109 Å². The highest BCUT2D eigenvalue weighted by molar-refractivity contribution is 5.93. The summed E-state index contributed by atoms with van der Waals surface area (Å²) >= 11 is 0. The van der Waals surface area contributed by atoms with E-state index in [-0.39, 0.29) is 0 Å². The fraction of sp³-hybridized carbons (Fsp3) is 0.0526. The van der Waals surface area contributed by atoms with Gasteiger partial charge in [-0.05, 0) is 91.8 Å². The van der Waals surface area contributed by atoms with E-state index in [0.717, 1.165) is 35.1 Å². The van der Waals surface area contributed by atoms with E-state index in [1.165, 1.54) is 44.5 Å². The van der Waals surface area contributed by atoms with E-state index in [0.29, 0.717) is 11.1 Å². The fourth-order valence-electron chi connectivity index (χ4n) is 6.03. The molecular formula is C38H24N2. The summed E-state index contributed by atoms with van der Waals surface area (Å²) in [5.74, 6) is 0. The Morgan fingerprint density at radius 1 is 0.475 bits per heavy atom. The molecular weight excluding hydrogens is 484 g/mol. The summed E-state index contributed by atoms with van der Waals surface area (Å²) in [7, 11) is 0. The summed E-state index contributed by atoms with van der Waals surface area (Å²) in [6.07, 6.45) is 5.73. The largest absolute Gasteiger partial charge is 0.192 e. The Hall–Kier alpha value is -5.44. The van der Waals surface area contributed by atoms with Gasteiger partial charge in [-0.25, -0.2) is 0 Å². The van der Waals surface area contributed by atoms with Crippen molar-refractivity contribution < 1.29 is 0 Å². The molecule has 5 aromatic carbocycles. The zero-order chi connectivity index (χ0) is 27.1. The summed E-state index contributed by atoms with van der Waals surface area (Å²) < 4.78 is 0. The van der Waals surface area contributed by atoms with E-state index in [1.807, 2.05) is 36.4 Å². The second kappa shape index (κ2) is 9.70. The van der Waals surface area contributed by atoms with E-state index < -0.39 is 0 Å². The molecule has 0 fully saturated rings. The van der Waals surface area contributed by atoms with Crippen LogP contribution in [0, 0.1) is 22.7 Å². The quantitative estimate of drug-likeness (QED) is 0.176. The maximum Gasteiger partial charge on any atom is 0.0998 e. The number of allylic oxidation sites excluding steroid dienone is 2. The van der Waals surface area contributed by atoms with Crippen molar-refractivity contribution >= 4 is 23.3 Å². The van der Waals surface area contributed by atoms with Crippen LogP contribution in [0.2, 0.25) is 0 Å². The van der Waals surface area contributed by atoms with Crippen LogP contribution in [-0.4, -0.2) is 0 Å². The second-order valence-corrected chi connectivity index (χ2v) is 10.4. The van der Waals surface area contributed by atoms with Crippen LogP contribution >= 0.6 is 0 Å². The molecule has 0 atom stereocenters. The smallest absolute Gasteiger partial charge is 0.0998 e. The van der Waals surface area contributed by atoms with Crippen LogP contribution in [0.1, 0.15) is 44.5 Å². The summed E-state index contributed by atoms with van der Waals surface area (Å²) in [4.78, 5) is 0. The molecule has 2 aliphatic rings. The van der Waals surface area contributed by atoms with Gasteiger partial charge in [0.05, 0.1) is 23.3 Å². The van der Waals surface area contributed by atoms with E-state index >= 15 is 0 Å². The fourth-order valence-corrected chi connectivity index (χ4v) is 6.03. The Balaban J connectivity index is 1.14. The first-order chi connectivity index (χ1) is 19.7. The summed E-state index contributed by atoms with van der Waals surface area (Å²) in [6, 6.07) is 42.3. The molecule has 0 bridgehead atoms. The van der Waals surface area contributed by atoms with Crippen LogP contribution < -0.4 is 0 Å². The number of nitriles is 2. The molecule has 186 valence electrons. The predicted molar refractivity (Wildman–Crippen MR) is 163 cm³/mol. The minimum Gasteiger partial charge on any atom is -0.192 e. The maximum absolute atomic E-state index is 9.96. The molecule has 0 radical (unpaired) electrons. The number of fused-ring (bicyclic) bond motifs is 6. The molecule has 0 aromatic heterocycles. The van der Waals surface area contributed by atoms with E-state index in [2.05, 4.69) is 97.1 Å². The minimum atomic E-state index is 0.600. The average molecular weight is 509 g/mol. The molecule has 2 aliphatic carbocycles. The number of hydrogen-bond donors (Lipinski definition) is 0. The lowest BCUT2D eigenvalue weighted by molar-refractivity contribution is 1.26. The zero-order valence-corrected chi connectivity index (χ0v) is 21.9. The third-order valence-corrected chi connectivity index (χ3v) is 8.01. The van der Waals surface area contributed by atoms with Crippen LogP contribution in [0.5, 0.6) is 0 Å². The minimum absolute atomic E-state index is 0.600. The van der Waals surface area contributed by atoms with Gasteiger partial charge in [-0.15, -0.1) is 0 Å². The molecule has 40 heavy (non-hydrogen) atoms. The third kappa shape index (κ3) is 4.14. The lowest BCUT2D eigenvalue weighted by Gasteiger charge is -2.06. The Kier molecular flexibility index (Phi) is 5.74. The Labute approximate surface area is 234 Å². The number of rotatable bonds is 4. The summed E-state index contributed by atoms with van der Waals surface area (Å²) in [5.41, 5.74) is 15.3. The highest BCUT2D eigenvalue weighted by Crippen LogP contribution is 2.38. The number of hydrogen-bond acceptors (Lipinski definition) is 2. The first-order valence-electron chi connectivity index (χ1n) is 13.5. The van der Waals surface area contributed by atoms with Crippen LogP contribution in [0.3, 0.4) is 0 Å². The average Bonchev–Trinajstić information content (AvgIpc) is 3.56. The highest BCUT2D eigenvalue weighted by Gasteiger charge is 2.19. The van der Waals surface area contributed by atoms with Gasteiger partial charge in [-0.1, -0.05) is 109 Å². The molecule has 0 N–H and O–H groups in total. The third-order valence-electron chi connectivity index (χ3n) is 8.01. The predicted octanol–water partition coefficient (Wildman–Crippen LogP) is 8.96. The van der Waals surface area contributed by atoms with Crippen molar-refractivity contribution in [3.8, 4) is 34.4 Å². The van der Waals surface area contributed by atoms with E-state index in [4.69, 9.17) is 0 Å². The van der Waals surface area contributed by atoms with Gasteiger partial charge in [0, 0.05) is 0 Å². The molecule has 0 amide bonds. The van der Waals surface area contributed by atoms with Crippen LogP contribution in [-0.2, 0) is 12.8 Å². The van der Waals surface area contributed by atoms with Gasteiger partial charge >= 0.3 is 0 Å². The van der Waals surface area contributed by atoms with Gasteiger partial charge in [-0.2, -0.15) is 10.5 Å². The first kappa shape index (κ1) is 23.7. The number of benzene rings is 5. The first-order valence-corrected chi connectivity index (χ1v) is 13.5. The van der Waals surface area contributed by atoms with Gasteiger partial charge in [0.25, 0.3) is 0 Å². The molecule has 0 unspecified atom stereocenters. The molecule has 5 aromatic rings. The summed E-state index contributed by atoms with van der Waals surface area (Å²) in [6.45, 7) is 0. The lowest BCUT2D eigenvalue weighted by atomic mass is 9.97. The van der Waals surface area contributed by atoms with Crippen molar-refractivity contribution in [2.45, 2.75) is 12.8 Å². The van der Waals surface area contributed by atoms with E-state index in [9.17, 15) is 10.5 Å². The van der Waals surface area contributed by atoms with Crippen molar-refractivity contribution in [1.82, 2.24) is 0 Å². The molecule has 0 heterocycles. The van der Waals surface area contributed by atoms with Gasteiger partial charge in [-0.3, -0.25) is 0 Å². The van der Waals surface area contributed by atoms with Gasteiger partial charge in [0.2, 0.25) is 0 Å². The van der Waals surface area contributed by atoms with Crippen LogP contribution in [0.25, 0.3) is 45.6 Å². The van der Waals surface area contributed by atoms with Gasteiger partial charge in [0.15, 0.2) is 0 Å². The number of nitrogens with zero attached hydrogens (tertiary/aromatic N) is 2. The second-order valence-electron chi connectivity index (χ2n) is 10.4. The highest BCUT2D eigenvalue weighted by atomic mass is 14.3. The van der Waals surface area contributed by atoms with Crippen molar-refractivity contribution in [1.29, 1.82) is 10.5 Å². The van der Waals surface area contributed by atoms with Gasteiger partial charge < -0.3 is 0 Å². The lowest BCUT2D eigenvalue weighted by Crippen LogP contribution is -1.88. The Bertz CT molecular complexity index is 1810. The standard InChI is InChI=1S/C38H24N2/c39-23-33(19-25-9-15-37-31(17-25)21-29-5-1-3-7-35(29)37)27-11-13-28(14-12-27)34(24-40)20-26-10-16-38-32(18-26)22-30-6-2-4-8-36(30)38/h1-20H,21-22H2/b33-19-,34-20-. The normalized spacial score (nSPS) is 13.1. The SMILES string of the molecule is N#C/C(=C/c1ccc2c(c1)Cc1ccccc1-2)c1ccc(/C(C#N)=C\c2ccc3c(c2)Cc2ccccc2-3)cc1. The zero-order valence-electron chi connectivity index (χ0n) is 21.9. The van der Waals surface area contributed by atoms with Crippen LogP contribution in [0.4, 0.5) is 0 Å². The monoisotopic (exact) mass is 508 g/mol. The molecule has 2 nitrogen and oxygen atoms in total. The molecule has 2 heteroatoms. The van der Waals surface area contributed by atoms with E-state index in [1.54, 1.807) is 0 Å².